The number of aliphatic carboxylic acids is 1. The molecular formula is C41H67NO6. The van der Waals surface area contributed by atoms with E-state index in [2.05, 4.69) is 53.4 Å². The monoisotopic (exact) mass is 669 g/mol. The van der Waals surface area contributed by atoms with Crippen molar-refractivity contribution < 1.29 is 29.3 Å². The van der Waals surface area contributed by atoms with Gasteiger partial charge < -0.3 is 20.3 Å². The Kier molecular flexibility index (Phi) is 9.89. The van der Waals surface area contributed by atoms with E-state index in [1.165, 1.54) is 18.4 Å². The van der Waals surface area contributed by atoms with Crippen LogP contribution in [0, 0.1) is 62.1 Å². The molecule has 5 aliphatic rings. The molecule has 0 heterocycles. The lowest BCUT2D eigenvalue weighted by atomic mass is 9.32. The lowest BCUT2D eigenvalue weighted by Gasteiger charge is -2.73. The third-order valence-corrected chi connectivity index (χ3v) is 16.1. The smallest absolute Gasteiger partial charge is 0.309 e. The van der Waals surface area contributed by atoms with E-state index in [4.69, 9.17) is 4.74 Å². The van der Waals surface area contributed by atoms with Gasteiger partial charge in [-0.05, 0) is 143 Å². The van der Waals surface area contributed by atoms with Crippen molar-refractivity contribution in [3.63, 3.8) is 0 Å². The van der Waals surface area contributed by atoms with E-state index in [9.17, 15) is 24.6 Å². The maximum Gasteiger partial charge on any atom is 0.309 e. The molecule has 0 aromatic heterocycles. The third-order valence-electron chi connectivity index (χ3n) is 16.1. The molecule has 0 aromatic rings. The lowest BCUT2D eigenvalue weighted by molar-refractivity contribution is -0.250. The van der Waals surface area contributed by atoms with Crippen LogP contribution >= 0.6 is 0 Å². The minimum Gasteiger partial charge on any atom is -0.481 e. The molecule has 0 bridgehead atoms. The summed E-state index contributed by atoms with van der Waals surface area (Å²) in [5, 5.41) is 22.8. The number of carbonyl (C=O) groups is 3. The normalized spacial score (nSPS) is 42.3. The van der Waals surface area contributed by atoms with Crippen LogP contribution < -0.4 is 5.32 Å². The van der Waals surface area contributed by atoms with Crippen LogP contribution in [0.25, 0.3) is 0 Å². The van der Waals surface area contributed by atoms with Gasteiger partial charge in [0.1, 0.15) is 6.10 Å². The SMILES string of the molecule is C=C(C)[C@@H]1CC[C@]2(CC(=O)NCC(O)CC)CC[C@]3(C)[C@H](CC[C@@H]4[C@@]5(C)CC[C@H](OC(=O)CC(C)(C)C(=O)O)C(C)(C)[C@@H]5CC[C@]43C)[C@@H]12. The molecule has 48 heavy (non-hydrogen) atoms. The number of nitrogens with one attached hydrogen (secondary N) is 1. The molecule has 5 rings (SSSR count). The molecule has 3 N–H and O–H groups in total. The third kappa shape index (κ3) is 5.88. The van der Waals surface area contributed by atoms with Crippen molar-refractivity contribution in [1.82, 2.24) is 5.32 Å². The van der Waals surface area contributed by atoms with Crippen molar-refractivity contribution in [3.05, 3.63) is 12.2 Å². The summed E-state index contributed by atoms with van der Waals surface area (Å²) in [5.74, 6) is 1.16. The molecule has 7 nitrogen and oxygen atoms in total. The zero-order valence-corrected chi connectivity index (χ0v) is 31.7. The number of hydrogen-bond donors (Lipinski definition) is 3. The van der Waals surface area contributed by atoms with Gasteiger partial charge in [-0.2, -0.15) is 0 Å². The highest BCUT2D eigenvalue weighted by Crippen LogP contribution is 2.78. The molecule has 11 atom stereocenters. The number of aliphatic hydroxyl groups excluding tert-OH is 1. The van der Waals surface area contributed by atoms with Crippen LogP contribution in [0.4, 0.5) is 0 Å². The number of aliphatic hydroxyl groups is 1. The summed E-state index contributed by atoms with van der Waals surface area (Å²) < 4.78 is 6.16. The molecule has 7 heteroatoms. The second-order valence-electron chi connectivity index (χ2n) is 19.3. The first-order valence-corrected chi connectivity index (χ1v) is 19.2. The number of fused-ring (bicyclic) bond motifs is 7. The number of amides is 1. The Morgan fingerprint density at radius 3 is 2.23 bits per heavy atom. The van der Waals surface area contributed by atoms with Crippen LogP contribution in [-0.4, -0.2) is 46.8 Å². The largest absolute Gasteiger partial charge is 0.481 e. The number of allylic oxidation sites excluding steroid dienone is 1. The molecule has 5 saturated carbocycles. The zero-order chi connectivity index (χ0) is 35.7. The number of esters is 1. The number of carboxylic acids is 1. The van der Waals surface area contributed by atoms with E-state index in [0.717, 1.165) is 51.4 Å². The van der Waals surface area contributed by atoms with Crippen molar-refractivity contribution in [2.75, 3.05) is 6.54 Å². The predicted molar refractivity (Wildman–Crippen MR) is 189 cm³/mol. The van der Waals surface area contributed by atoms with Crippen molar-refractivity contribution in [3.8, 4) is 0 Å². The van der Waals surface area contributed by atoms with Gasteiger partial charge in [-0.25, -0.2) is 0 Å². The van der Waals surface area contributed by atoms with Crippen molar-refractivity contribution in [2.45, 2.75) is 158 Å². The number of carboxylic acid groups (broad SMARTS) is 1. The molecule has 1 unspecified atom stereocenters. The second-order valence-corrected chi connectivity index (χ2v) is 19.3. The summed E-state index contributed by atoms with van der Waals surface area (Å²) in [6, 6.07) is 0. The van der Waals surface area contributed by atoms with Crippen molar-refractivity contribution in [1.29, 1.82) is 0 Å². The summed E-state index contributed by atoms with van der Waals surface area (Å²) >= 11 is 0. The molecule has 272 valence electrons. The van der Waals surface area contributed by atoms with Gasteiger partial charge in [0.05, 0.1) is 17.9 Å². The van der Waals surface area contributed by atoms with Crippen molar-refractivity contribution >= 4 is 17.8 Å². The standard InChI is InChI=1S/C41H67NO6/c1-11-26(43)24-42-32(44)22-41-19-14-27(25(2)3)34(41)28-12-13-30-38(8)17-16-31(48-33(45)23-36(4,5)35(46)47)37(6,7)29(38)15-18-40(30,10)39(28,9)20-21-41/h26-31,34,43H,2,11-24H2,1,3-10H3,(H,42,44)(H,46,47)/t26?,27-,28+,29-,30+,31-,34+,38-,39+,40+,41+/m0/s1. The summed E-state index contributed by atoms with van der Waals surface area (Å²) in [6.07, 6.45) is 11.3. The van der Waals surface area contributed by atoms with Crippen LogP contribution in [0.3, 0.4) is 0 Å². The van der Waals surface area contributed by atoms with Gasteiger partial charge in [-0.3, -0.25) is 14.4 Å². The topological polar surface area (TPSA) is 113 Å². The molecule has 1 amide bonds. The number of rotatable bonds is 10. The van der Waals surface area contributed by atoms with Crippen LogP contribution in [0.2, 0.25) is 0 Å². The highest BCUT2D eigenvalue weighted by atomic mass is 16.5. The molecule has 5 aliphatic carbocycles. The first-order valence-electron chi connectivity index (χ1n) is 19.2. The van der Waals surface area contributed by atoms with Gasteiger partial charge in [-0.1, -0.05) is 53.7 Å². The number of hydrogen-bond acceptors (Lipinski definition) is 5. The number of ether oxygens (including phenoxy) is 1. The minimum atomic E-state index is -1.15. The van der Waals surface area contributed by atoms with Crippen molar-refractivity contribution in [2.24, 2.45) is 62.1 Å². The van der Waals surface area contributed by atoms with Crippen LogP contribution in [0.5, 0.6) is 0 Å². The van der Waals surface area contributed by atoms with Gasteiger partial charge >= 0.3 is 11.9 Å². The first-order chi connectivity index (χ1) is 22.2. The summed E-state index contributed by atoms with van der Waals surface area (Å²) in [5.41, 5.74) is 0.398. The van der Waals surface area contributed by atoms with Gasteiger partial charge in [-0.15, -0.1) is 0 Å². The lowest BCUT2D eigenvalue weighted by Crippen LogP contribution is -2.67. The molecular weight excluding hydrogens is 602 g/mol. The van der Waals surface area contributed by atoms with Gasteiger partial charge in [0, 0.05) is 18.4 Å². The fourth-order valence-corrected chi connectivity index (χ4v) is 13.2. The maximum absolute atomic E-state index is 13.4. The highest BCUT2D eigenvalue weighted by molar-refractivity contribution is 5.81. The van der Waals surface area contributed by atoms with E-state index in [0.29, 0.717) is 49.0 Å². The van der Waals surface area contributed by atoms with E-state index in [-0.39, 0.29) is 45.5 Å². The zero-order valence-electron chi connectivity index (χ0n) is 31.7. The van der Waals surface area contributed by atoms with Crippen LogP contribution in [-0.2, 0) is 19.1 Å². The molecule has 0 aliphatic heterocycles. The Morgan fingerprint density at radius 2 is 1.60 bits per heavy atom. The first kappa shape index (κ1) is 37.4. The minimum absolute atomic E-state index is 0.00151. The van der Waals surface area contributed by atoms with Crippen LogP contribution in [0.1, 0.15) is 146 Å². The fourth-order valence-electron chi connectivity index (χ4n) is 13.2. The second kappa shape index (κ2) is 12.7. The molecule has 5 fully saturated rings. The maximum atomic E-state index is 13.4. The Balaban J connectivity index is 1.39. The predicted octanol–water partition coefficient (Wildman–Crippen LogP) is 8.33. The highest BCUT2D eigenvalue weighted by Gasteiger charge is 2.71. The fraction of sp³-hybridized carbons (Fsp3) is 0.878. The average Bonchev–Trinajstić information content (AvgIpc) is 3.37. The Labute approximate surface area is 290 Å². The summed E-state index contributed by atoms with van der Waals surface area (Å²) in [4.78, 5) is 38.2. The molecule has 0 spiro atoms. The summed E-state index contributed by atoms with van der Waals surface area (Å²) in [6.45, 7) is 24.5. The van der Waals surface area contributed by atoms with Gasteiger partial charge in [0.2, 0.25) is 5.91 Å². The molecule has 0 aromatic carbocycles. The van der Waals surface area contributed by atoms with Gasteiger partial charge in [0.25, 0.3) is 0 Å². The molecule has 0 saturated heterocycles. The average molecular weight is 670 g/mol. The summed E-state index contributed by atoms with van der Waals surface area (Å²) in [7, 11) is 0. The quantitative estimate of drug-likeness (QED) is 0.159. The van der Waals surface area contributed by atoms with E-state index in [1.807, 2.05) is 6.92 Å². The van der Waals surface area contributed by atoms with Gasteiger partial charge in [0.15, 0.2) is 0 Å². The van der Waals surface area contributed by atoms with E-state index < -0.39 is 23.5 Å². The number of carbonyl (C=O) groups excluding carboxylic acids is 2. The Bertz CT molecular complexity index is 1290. The van der Waals surface area contributed by atoms with E-state index in [1.54, 1.807) is 13.8 Å². The molecule has 0 radical (unpaired) electrons. The van der Waals surface area contributed by atoms with Crippen LogP contribution in [0.15, 0.2) is 12.2 Å². The Hall–Kier alpha value is -1.89. The van der Waals surface area contributed by atoms with E-state index >= 15 is 0 Å². The Morgan fingerprint density at radius 1 is 0.917 bits per heavy atom.